The van der Waals surface area contributed by atoms with Crippen molar-refractivity contribution in [3.05, 3.63) is 66.8 Å². The van der Waals surface area contributed by atoms with E-state index in [0.29, 0.717) is 5.89 Å². The first-order valence-corrected chi connectivity index (χ1v) is 9.06. The number of benzene rings is 2. The molecular weight excluding hydrogens is 324 g/mol. The molecule has 3 heterocycles. The Labute approximate surface area is 151 Å². The van der Waals surface area contributed by atoms with Gasteiger partial charge in [-0.3, -0.25) is 9.47 Å². The van der Waals surface area contributed by atoms with Crippen molar-refractivity contribution >= 4 is 11.0 Å². The number of imidazole rings is 1. The molecule has 0 radical (unpaired) electrons. The van der Waals surface area contributed by atoms with Crippen molar-refractivity contribution in [1.29, 1.82) is 0 Å². The zero-order valence-electron chi connectivity index (χ0n) is 14.5. The van der Waals surface area contributed by atoms with Crippen molar-refractivity contribution < 1.29 is 4.42 Å². The lowest BCUT2D eigenvalue weighted by Gasteiger charge is -2.11. The molecule has 5 heteroatoms. The fourth-order valence-electron chi connectivity index (χ4n) is 3.61. The zero-order valence-corrected chi connectivity index (χ0v) is 14.5. The highest BCUT2D eigenvalue weighted by Gasteiger charge is 2.15. The molecule has 2 aromatic carbocycles. The van der Waals surface area contributed by atoms with Crippen molar-refractivity contribution in [3.63, 3.8) is 0 Å². The highest BCUT2D eigenvalue weighted by molar-refractivity contribution is 5.77. The fraction of sp³-hybridized carbons (Fsp3) is 0.238. The summed E-state index contributed by atoms with van der Waals surface area (Å²) in [4.78, 5) is 11.5. The van der Waals surface area contributed by atoms with E-state index in [-0.39, 0.29) is 0 Å². The summed E-state index contributed by atoms with van der Waals surface area (Å²) in [6, 6.07) is 16.4. The molecule has 2 aromatic heterocycles. The molecular formula is C21H20N4O. The Balaban J connectivity index is 1.39. The molecule has 0 bridgehead atoms. The first kappa shape index (κ1) is 15.3. The van der Waals surface area contributed by atoms with Crippen LogP contribution >= 0.6 is 0 Å². The van der Waals surface area contributed by atoms with E-state index in [1.165, 1.54) is 12.8 Å². The second-order valence-electron chi connectivity index (χ2n) is 6.78. The lowest BCUT2D eigenvalue weighted by molar-refractivity contribution is 0.327. The van der Waals surface area contributed by atoms with Gasteiger partial charge in [0.2, 0.25) is 5.89 Å². The normalized spacial score (nSPS) is 15.1. The number of aromatic nitrogens is 3. The van der Waals surface area contributed by atoms with Crippen molar-refractivity contribution in [1.82, 2.24) is 19.4 Å². The maximum absolute atomic E-state index is 5.70. The van der Waals surface area contributed by atoms with E-state index in [9.17, 15) is 0 Å². The Bertz CT molecular complexity index is 1030. The maximum Gasteiger partial charge on any atom is 0.226 e. The molecule has 0 spiro atoms. The molecule has 0 amide bonds. The average molecular weight is 344 g/mol. The quantitative estimate of drug-likeness (QED) is 0.554. The van der Waals surface area contributed by atoms with Crippen LogP contribution in [-0.2, 0) is 6.54 Å². The van der Waals surface area contributed by atoms with E-state index in [1.54, 1.807) is 6.26 Å². The van der Waals surface area contributed by atoms with Crippen LogP contribution in [0.15, 0.2) is 65.5 Å². The van der Waals surface area contributed by atoms with Crippen molar-refractivity contribution in [2.75, 3.05) is 13.1 Å². The molecule has 130 valence electrons. The second kappa shape index (κ2) is 6.42. The van der Waals surface area contributed by atoms with Gasteiger partial charge in [0.15, 0.2) is 0 Å². The number of fused-ring (bicyclic) bond motifs is 1. The molecule has 0 aliphatic carbocycles. The number of hydrogen-bond donors (Lipinski definition) is 0. The molecule has 26 heavy (non-hydrogen) atoms. The number of oxazole rings is 1. The smallest absolute Gasteiger partial charge is 0.226 e. The van der Waals surface area contributed by atoms with Gasteiger partial charge >= 0.3 is 0 Å². The lowest BCUT2D eigenvalue weighted by Crippen LogP contribution is -2.18. The van der Waals surface area contributed by atoms with E-state index in [4.69, 9.17) is 4.42 Å². The molecule has 0 atom stereocenters. The summed E-state index contributed by atoms with van der Waals surface area (Å²) in [5.41, 5.74) is 5.17. The van der Waals surface area contributed by atoms with Crippen molar-refractivity contribution in [2.45, 2.75) is 19.4 Å². The Kier molecular flexibility index (Phi) is 3.79. The first-order chi connectivity index (χ1) is 12.9. The zero-order chi connectivity index (χ0) is 17.3. The monoisotopic (exact) mass is 344 g/mol. The molecule has 1 aliphatic rings. The standard InChI is InChI=1S/C21H20N4O/c1-2-6-20-19(5-1)22-15-25(20)18-9-7-16(8-10-18)21-23-17(14-26-21)13-24-11-3-4-12-24/h1-2,5-10,14-15H,3-4,11-13H2. The highest BCUT2D eigenvalue weighted by atomic mass is 16.3. The summed E-state index contributed by atoms with van der Waals surface area (Å²) in [5, 5.41) is 0. The SMILES string of the molecule is c1ccc2c(c1)ncn2-c1ccc(-c2nc(CN3CCCC3)co2)cc1. The van der Waals surface area contributed by atoms with Crippen LogP contribution < -0.4 is 0 Å². The highest BCUT2D eigenvalue weighted by Crippen LogP contribution is 2.23. The first-order valence-electron chi connectivity index (χ1n) is 9.06. The molecule has 1 fully saturated rings. The molecule has 5 rings (SSSR count). The van der Waals surface area contributed by atoms with E-state index in [1.807, 2.05) is 24.5 Å². The van der Waals surface area contributed by atoms with Crippen LogP contribution in [0.2, 0.25) is 0 Å². The third-order valence-corrected chi connectivity index (χ3v) is 4.98. The van der Waals surface area contributed by atoms with Gasteiger partial charge in [-0.05, 0) is 62.3 Å². The second-order valence-corrected chi connectivity index (χ2v) is 6.78. The minimum atomic E-state index is 0.682. The van der Waals surface area contributed by atoms with Crippen LogP contribution in [0.4, 0.5) is 0 Å². The minimum Gasteiger partial charge on any atom is -0.444 e. The lowest BCUT2D eigenvalue weighted by atomic mass is 10.2. The summed E-state index contributed by atoms with van der Waals surface area (Å²) < 4.78 is 7.80. The van der Waals surface area contributed by atoms with Crippen LogP contribution in [0.3, 0.4) is 0 Å². The van der Waals surface area contributed by atoms with Crippen molar-refractivity contribution in [2.24, 2.45) is 0 Å². The molecule has 1 aliphatic heterocycles. The van der Waals surface area contributed by atoms with Gasteiger partial charge in [-0.25, -0.2) is 9.97 Å². The predicted octanol–water partition coefficient (Wildman–Crippen LogP) is 4.28. The fourth-order valence-corrected chi connectivity index (χ4v) is 3.61. The van der Waals surface area contributed by atoms with Crippen LogP contribution in [0.5, 0.6) is 0 Å². The molecule has 0 saturated carbocycles. The van der Waals surface area contributed by atoms with Gasteiger partial charge in [0.05, 0.1) is 16.7 Å². The van der Waals surface area contributed by atoms with Gasteiger partial charge in [-0.2, -0.15) is 0 Å². The Hall–Kier alpha value is -2.92. The number of para-hydroxylation sites is 2. The Morgan fingerprint density at radius 1 is 0.962 bits per heavy atom. The Morgan fingerprint density at radius 2 is 1.77 bits per heavy atom. The number of nitrogens with zero attached hydrogens (tertiary/aromatic N) is 4. The third kappa shape index (κ3) is 2.80. The Morgan fingerprint density at radius 3 is 2.62 bits per heavy atom. The van der Waals surface area contributed by atoms with Crippen LogP contribution in [0, 0.1) is 0 Å². The summed E-state index contributed by atoms with van der Waals surface area (Å²) in [6.07, 6.45) is 6.22. The van der Waals surface area contributed by atoms with E-state index < -0.39 is 0 Å². The van der Waals surface area contributed by atoms with Gasteiger partial charge in [-0.1, -0.05) is 12.1 Å². The van der Waals surface area contributed by atoms with Crippen LogP contribution in [-0.4, -0.2) is 32.5 Å². The van der Waals surface area contributed by atoms with Crippen molar-refractivity contribution in [3.8, 4) is 17.1 Å². The molecule has 4 aromatic rings. The largest absolute Gasteiger partial charge is 0.444 e. The summed E-state index contributed by atoms with van der Waals surface area (Å²) >= 11 is 0. The molecule has 5 nitrogen and oxygen atoms in total. The maximum atomic E-state index is 5.70. The van der Waals surface area contributed by atoms with Crippen LogP contribution in [0.1, 0.15) is 18.5 Å². The average Bonchev–Trinajstić information content (AvgIpc) is 3.43. The summed E-state index contributed by atoms with van der Waals surface area (Å²) in [7, 11) is 0. The van der Waals surface area contributed by atoms with Crippen LogP contribution in [0.25, 0.3) is 28.2 Å². The molecule has 0 N–H and O–H groups in total. The summed E-state index contributed by atoms with van der Waals surface area (Å²) in [6.45, 7) is 3.20. The molecule has 1 saturated heterocycles. The van der Waals surface area contributed by atoms with Gasteiger partial charge < -0.3 is 4.42 Å². The number of likely N-dealkylation sites (tertiary alicyclic amines) is 1. The number of hydrogen-bond acceptors (Lipinski definition) is 4. The van der Waals surface area contributed by atoms with E-state index in [0.717, 1.165) is 47.6 Å². The summed E-state index contributed by atoms with van der Waals surface area (Å²) in [5.74, 6) is 0.682. The topological polar surface area (TPSA) is 47.1 Å². The van der Waals surface area contributed by atoms with Gasteiger partial charge in [0, 0.05) is 17.8 Å². The van der Waals surface area contributed by atoms with Gasteiger partial charge in [-0.15, -0.1) is 0 Å². The van der Waals surface area contributed by atoms with E-state index in [2.05, 4.69) is 49.8 Å². The number of rotatable bonds is 4. The van der Waals surface area contributed by atoms with Gasteiger partial charge in [0.25, 0.3) is 0 Å². The third-order valence-electron chi connectivity index (χ3n) is 4.98. The van der Waals surface area contributed by atoms with Gasteiger partial charge in [0.1, 0.15) is 12.6 Å². The van der Waals surface area contributed by atoms with E-state index >= 15 is 0 Å². The minimum absolute atomic E-state index is 0.682. The predicted molar refractivity (Wildman–Crippen MR) is 101 cm³/mol. The molecule has 0 unspecified atom stereocenters.